The van der Waals surface area contributed by atoms with Crippen LogP contribution < -0.4 is 5.43 Å². The van der Waals surface area contributed by atoms with Crippen LogP contribution in [0.15, 0.2) is 65.5 Å². The van der Waals surface area contributed by atoms with Crippen LogP contribution in [-0.4, -0.2) is 28.3 Å². The lowest BCUT2D eigenvalue weighted by atomic mass is 9.98. The lowest BCUT2D eigenvalue weighted by Gasteiger charge is -2.12. The predicted octanol–water partition coefficient (Wildman–Crippen LogP) is 5.36. The quantitative estimate of drug-likeness (QED) is 0.240. The molecule has 4 rings (SSSR count). The van der Waals surface area contributed by atoms with E-state index >= 15 is 0 Å². The molecule has 0 spiro atoms. The molecule has 0 fully saturated rings. The van der Waals surface area contributed by atoms with Crippen LogP contribution in [0.25, 0.3) is 22.2 Å². The second-order valence-electron chi connectivity index (χ2n) is 9.05. The van der Waals surface area contributed by atoms with Crippen molar-refractivity contribution in [1.29, 1.82) is 0 Å². The Balaban J connectivity index is 1.65. The Hall–Kier alpha value is -4.26. The largest absolute Gasteiger partial charge is 0.428 e. The van der Waals surface area contributed by atoms with Crippen LogP contribution in [0.3, 0.4) is 0 Å². The molecule has 0 atom stereocenters. The van der Waals surface area contributed by atoms with Gasteiger partial charge in [-0.25, -0.2) is 9.78 Å². The number of hydrogen-bond acceptors (Lipinski definition) is 6. The zero-order valence-corrected chi connectivity index (χ0v) is 21.5. The minimum Gasteiger partial charge on any atom is -0.428 e. The van der Waals surface area contributed by atoms with Gasteiger partial charge < -0.3 is 14.0 Å². The summed E-state index contributed by atoms with van der Waals surface area (Å²) >= 11 is 0. The van der Waals surface area contributed by atoms with Gasteiger partial charge in [0.2, 0.25) is 6.79 Å². The first-order valence-electron chi connectivity index (χ1n) is 12.3. The van der Waals surface area contributed by atoms with Crippen LogP contribution in [0.5, 0.6) is 0 Å². The molecule has 0 aliphatic rings. The lowest BCUT2D eigenvalue weighted by Crippen LogP contribution is -2.12. The standard InChI is InChI=1S/C30H30N2O5/c1-5-8-28-31-26-15-19(2)29(34)20(3)16-27(26)32(28)17-22-11-13-23(14-12-22)24-9-6-7-10-25(24)30(35)37-18-36-21(4)33/h6-7,9-16H,5,8,17-18H2,1-4H3. The molecule has 0 saturated carbocycles. The smallest absolute Gasteiger partial charge is 0.341 e. The first-order chi connectivity index (χ1) is 17.8. The van der Waals surface area contributed by atoms with Crippen LogP contribution in [-0.2, 0) is 27.2 Å². The van der Waals surface area contributed by atoms with Crippen LogP contribution in [0, 0.1) is 13.8 Å². The molecule has 0 aliphatic carbocycles. The fourth-order valence-corrected chi connectivity index (χ4v) is 4.36. The molecule has 0 amide bonds. The Bertz CT molecular complexity index is 1520. The molecule has 1 aromatic heterocycles. The fourth-order valence-electron chi connectivity index (χ4n) is 4.36. The van der Waals surface area contributed by atoms with Gasteiger partial charge in [0, 0.05) is 19.9 Å². The minimum absolute atomic E-state index is 0.0380. The third kappa shape index (κ3) is 5.77. The van der Waals surface area contributed by atoms with Crippen molar-refractivity contribution in [3.05, 3.63) is 99.0 Å². The third-order valence-corrected chi connectivity index (χ3v) is 6.22. The highest BCUT2D eigenvalue weighted by atomic mass is 16.7. The van der Waals surface area contributed by atoms with Crippen molar-refractivity contribution in [3.8, 4) is 11.1 Å². The molecule has 0 aliphatic heterocycles. The maximum atomic E-state index is 12.6. The molecule has 0 N–H and O–H groups in total. The van der Waals surface area contributed by atoms with E-state index in [0.717, 1.165) is 46.4 Å². The lowest BCUT2D eigenvalue weighted by molar-refractivity contribution is -0.149. The first kappa shape index (κ1) is 25.8. The Morgan fingerprint density at radius 1 is 0.946 bits per heavy atom. The molecule has 7 nitrogen and oxygen atoms in total. The SMILES string of the molecule is CCCc1nc2cc(C)c(=O)c(C)cc2n1Cc1ccc(-c2ccccc2C(=O)OCOC(C)=O)cc1. The number of nitrogens with zero attached hydrogens (tertiary/aromatic N) is 2. The molecule has 190 valence electrons. The summed E-state index contributed by atoms with van der Waals surface area (Å²) in [6.07, 6.45) is 1.80. The van der Waals surface area contributed by atoms with E-state index in [0.29, 0.717) is 23.2 Å². The van der Waals surface area contributed by atoms with E-state index in [9.17, 15) is 14.4 Å². The number of aromatic nitrogens is 2. The van der Waals surface area contributed by atoms with E-state index in [1.54, 1.807) is 12.1 Å². The van der Waals surface area contributed by atoms with Gasteiger partial charge in [-0.15, -0.1) is 0 Å². The molecular formula is C30H30N2O5. The molecule has 7 heteroatoms. The molecule has 0 saturated heterocycles. The summed E-state index contributed by atoms with van der Waals surface area (Å²) in [6.45, 7) is 7.23. The number of carbonyl (C=O) groups is 2. The van der Waals surface area contributed by atoms with Gasteiger partial charge >= 0.3 is 11.9 Å². The van der Waals surface area contributed by atoms with Gasteiger partial charge in [0.1, 0.15) is 5.82 Å². The normalized spacial score (nSPS) is 10.9. The number of fused-ring (bicyclic) bond motifs is 1. The molecule has 0 bridgehead atoms. The van der Waals surface area contributed by atoms with Crippen LogP contribution in [0.2, 0.25) is 0 Å². The summed E-state index contributed by atoms with van der Waals surface area (Å²) in [6, 6.07) is 19.0. The first-order valence-corrected chi connectivity index (χ1v) is 12.3. The molecule has 37 heavy (non-hydrogen) atoms. The van der Waals surface area contributed by atoms with Crippen molar-refractivity contribution in [3.63, 3.8) is 0 Å². The van der Waals surface area contributed by atoms with Crippen molar-refractivity contribution in [2.24, 2.45) is 0 Å². The Morgan fingerprint density at radius 3 is 2.35 bits per heavy atom. The summed E-state index contributed by atoms with van der Waals surface area (Å²) in [5, 5.41) is 0. The van der Waals surface area contributed by atoms with E-state index in [2.05, 4.69) is 11.5 Å². The highest BCUT2D eigenvalue weighted by molar-refractivity contribution is 5.97. The van der Waals surface area contributed by atoms with Crippen molar-refractivity contribution in [1.82, 2.24) is 9.55 Å². The van der Waals surface area contributed by atoms with E-state index < -0.39 is 18.7 Å². The highest BCUT2D eigenvalue weighted by Gasteiger charge is 2.15. The second kappa shape index (κ2) is 11.2. The number of rotatable bonds is 8. The zero-order chi connectivity index (χ0) is 26.5. The zero-order valence-electron chi connectivity index (χ0n) is 21.5. The number of ether oxygens (including phenoxy) is 2. The summed E-state index contributed by atoms with van der Waals surface area (Å²) in [5.41, 5.74) is 6.23. The monoisotopic (exact) mass is 498 g/mol. The van der Waals surface area contributed by atoms with Gasteiger partial charge in [0.15, 0.2) is 5.43 Å². The van der Waals surface area contributed by atoms with Crippen molar-refractivity contribution < 1.29 is 19.1 Å². The molecule has 0 unspecified atom stereocenters. The van der Waals surface area contributed by atoms with Gasteiger partial charge in [-0.2, -0.15) is 0 Å². The second-order valence-corrected chi connectivity index (χ2v) is 9.05. The summed E-state index contributed by atoms with van der Waals surface area (Å²) in [4.78, 5) is 40.9. The number of aryl methyl sites for hydroxylation is 3. The minimum atomic E-state index is -0.564. The molecular weight excluding hydrogens is 468 g/mol. The number of benzene rings is 2. The third-order valence-electron chi connectivity index (χ3n) is 6.22. The molecule has 3 aromatic carbocycles. The number of esters is 2. The van der Waals surface area contributed by atoms with Gasteiger partial charge in [0.05, 0.1) is 16.6 Å². The summed E-state index contributed by atoms with van der Waals surface area (Å²) in [5.74, 6) is -0.0943. The van der Waals surface area contributed by atoms with Crippen LogP contribution in [0.1, 0.15) is 53.1 Å². The summed E-state index contributed by atoms with van der Waals surface area (Å²) in [7, 11) is 0. The van der Waals surface area contributed by atoms with Gasteiger partial charge in [-0.1, -0.05) is 49.4 Å². The van der Waals surface area contributed by atoms with Gasteiger partial charge in [-0.05, 0) is 66.3 Å². The van der Waals surface area contributed by atoms with E-state index in [-0.39, 0.29) is 5.43 Å². The average molecular weight is 499 g/mol. The Morgan fingerprint density at radius 2 is 1.65 bits per heavy atom. The van der Waals surface area contributed by atoms with Crippen molar-refractivity contribution >= 4 is 23.0 Å². The summed E-state index contributed by atoms with van der Waals surface area (Å²) < 4.78 is 12.0. The Kier molecular flexibility index (Phi) is 7.82. The van der Waals surface area contributed by atoms with E-state index in [1.165, 1.54) is 6.92 Å². The molecule has 4 aromatic rings. The number of carbonyl (C=O) groups excluding carboxylic acids is 2. The fraction of sp³-hybridized carbons (Fsp3) is 0.267. The van der Waals surface area contributed by atoms with Gasteiger partial charge in [-0.3, -0.25) is 9.59 Å². The number of imidazole rings is 1. The van der Waals surface area contributed by atoms with Crippen molar-refractivity contribution in [2.75, 3.05) is 6.79 Å². The van der Waals surface area contributed by atoms with Crippen LogP contribution in [0.4, 0.5) is 0 Å². The van der Waals surface area contributed by atoms with E-state index in [1.807, 2.05) is 62.4 Å². The molecule has 0 radical (unpaired) electrons. The topological polar surface area (TPSA) is 87.5 Å². The van der Waals surface area contributed by atoms with Gasteiger partial charge in [0.25, 0.3) is 0 Å². The predicted molar refractivity (Wildman–Crippen MR) is 143 cm³/mol. The van der Waals surface area contributed by atoms with Crippen LogP contribution >= 0.6 is 0 Å². The maximum Gasteiger partial charge on any atom is 0.341 e. The van der Waals surface area contributed by atoms with Crippen molar-refractivity contribution in [2.45, 2.75) is 47.1 Å². The molecule has 1 heterocycles. The highest BCUT2D eigenvalue weighted by Crippen LogP contribution is 2.26. The number of hydrogen-bond donors (Lipinski definition) is 0. The average Bonchev–Trinajstić information content (AvgIpc) is 3.13. The van der Waals surface area contributed by atoms with E-state index in [4.69, 9.17) is 14.5 Å². The Labute approximate surface area is 215 Å². The maximum absolute atomic E-state index is 12.6.